The number of rotatable bonds is 6. The minimum absolute atomic E-state index is 0.142. The predicted molar refractivity (Wildman–Crippen MR) is 81.5 cm³/mol. The van der Waals surface area contributed by atoms with Crippen molar-refractivity contribution in [2.75, 3.05) is 13.2 Å². The summed E-state index contributed by atoms with van der Waals surface area (Å²) in [6.45, 7) is 0.325. The molecule has 1 heterocycles. The normalized spacial score (nSPS) is 11.5. The number of hydrogen-bond acceptors (Lipinski definition) is 4. The summed E-state index contributed by atoms with van der Waals surface area (Å²) in [5.41, 5.74) is 0. The van der Waals surface area contributed by atoms with Gasteiger partial charge in [0.15, 0.2) is 0 Å². The topological polar surface area (TPSA) is 55.4 Å². The molecule has 4 nitrogen and oxygen atoms in total. The van der Waals surface area contributed by atoms with Crippen LogP contribution in [0.3, 0.4) is 0 Å². The molecule has 8 heteroatoms. The van der Waals surface area contributed by atoms with E-state index in [0.717, 1.165) is 11.3 Å². The first-order valence-corrected chi connectivity index (χ1v) is 8.67. The second-order valence-electron chi connectivity index (χ2n) is 3.74. The van der Waals surface area contributed by atoms with E-state index < -0.39 is 10.0 Å². The Morgan fingerprint density at radius 1 is 1.15 bits per heavy atom. The lowest BCUT2D eigenvalue weighted by molar-refractivity contribution is 0.323. The third kappa shape index (κ3) is 4.10. The Morgan fingerprint density at radius 2 is 1.90 bits per heavy atom. The number of nitrogens with one attached hydrogen (secondary N) is 1. The zero-order valence-corrected chi connectivity index (χ0v) is 13.3. The first-order chi connectivity index (χ1) is 9.49. The lowest BCUT2D eigenvalue weighted by Gasteiger charge is -2.08. The summed E-state index contributed by atoms with van der Waals surface area (Å²) in [5, 5.41) is 0.486. The van der Waals surface area contributed by atoms with Gasteiger partial charge >= 0.3 is 0 Å². The lowest BCUT2D eigenvalue weighted by Crippen LogP contribution is -2.27. The van der Waals surface area contributed by atoms with Gasteiger partial charge in [-0.15, -0.1) is 11.3 Å². The highest BCUT2D eigenvalue weighted by Crippen LogP contribution is 2.25. The van der Waals surface area contributed by atoms with E-state index in [1.807, 2.05) is 0 Å². The maximum Gasteiger partial charge on any atom is 0.250 e. The highest BCUT2D eigenvalue weighted by molar-refractivity contribution is 7.91. The molecule has 0 saturated carbocycles. The van der Waals surface area contributed by atoms with Crippen LogP contribution in [0, 0.1) is 0 Å². The van der Waals surface area contributed by atoms with Gasteiger partial charge in [0, 0.05) is 6.54 Å². The Labute approximate surface area is 131 Å². The molecule has 0 aliphatic carbocycles. The highest BCUT2D eigenvalue weighted by Gasteiger charge is 2.15. The summed E-state index contributed by atoms with van der Waals surface area (Å²) in [6.07, 6.45) is 0. The molecule has 0 spiro atoms. The molecule has 0 amide bonds. The smallest absolute Gasteiger partial charge is 0.250 e. The number of ether oxygens (including phenoxy) is 1. The Kier molecular flexibility index (Phi) is 5.29. The number of benzene rings is 1. The largest absolute Gasteiger partial charge is 0.491 e. The molecule has 0 unspecified atom stereocenters. The van der Waals surface area contributed by atoms with Crippen LogP contribution in [0.2, 0.25) is 9.36 Å². The van der Waals surface area contributed by atoms with E-state index in [2.05, 4.69) is 4.72 Å². The van der Waals surface area contributed by atoms with E-state index in [0.29, 0.717) is 15.1 Å². The van der Waals surface area contributed by atoms with Crippen LogP contribution in [0.5, 0.6) is 5.75 Å². The second kappa shape index (κ2) is 6.78. The van der Waals surface area contributed by atoms with Crippen LogP contribution in [0.25, 0.3) is 0 Å². The monoisotopic (exact) mass is 351 g/mol. The van der Waals surface area contributed by atoms with Crippen molar-refractivity contribution in [3.05, 3.63) is 45.8 Å². The van der Waals surface area contributed by atoms with Crippen LogP contribution >= 0.6 is 34.5 Å². The van der Waals surface area contributed by atoms with Crippen molar-refractivity contribution in [2.45, 2.75) is 4.21 Å². The van der Waals surface area contributed by atoms with Gasteiger partial charge in [-0.05, 0) is 24.3 Å². The summed E-state index contributed by atoms with van der Waals surface area (Å²) >= 11 is 12.6. The van der Waals surface area contributed by atoms with Gasteiger partial charge in [0.2, 0.25) is 10.0 Å². The maximum atomic E-state index is 11.9. The van der Waals surface area contributed by atoms with Gasteiger partial charge in [-0.2, -0.15) is 0 Å². The molecule has 0 aliphatic rings. The van der Waals surface area contributed by atoms with Crippen molar-refractivity contribution in [1.82, 2.24) is 4.72 Å². The molecule has 0 aliphatic heterocycles. The summed E-state index contributed by atoms with van der Waals surface area (Å²) in [6, 6.07) is 10.0. The Bertz CT molecular complexity index is 686. The van der Waals surface area contributed by atoms with Crippen LogP contribution in [-0.4, -0.2) is 21.6 Å². The van der Waals surface area contributed by atoms with Crippen molar-refractivity contribution >= 4 is 44.6 Å². The third-order valence-corrected chi connectivity index (χ3v) is 5.80. The molecule has 0 atom stereocenters. The maximum absolute atomic E-state index is 11.9. The third-order valence-electron chi connectivity index (χ3n) is 2.30. The molecular formula is C12H11Cl2NO3S2. The fraction of sp³-hybridized carbons (Fsp3) is 0.167. The van der Waals surface area contributed by atoms with Crippen molar-refractivity contribution in [2.24, 2.45) is 0 Å². The summed E-state index contributed by atoms with van der Waals surface area (Å²) in [4.78, 5) is 0. The van der Waals surface area contributed by atoms with Gasteiger partial charge in [0.1, 0.15) is 16.6 Å². The van der Waals surface area contributed by atoms with E-state index in [4.69, 9.17) is 27.9 Å². The van der Waals surface area contributed by atoms with Crippen LogP contribution in [0.4, 0.5) is 0 Å². The van der Waals surface area contributed by atoms with Crippen molar-refractivity contribution in [3.8, 4) is 5.75 Å². The van der Waals surface area contributed by atoms with E-state index in [-0.39, 0.29) is 17.4 Å². The molecule has 0 radical (unpaired) electrons. The minimum atomic E-state index is -3.53. The van der Waals surface area contributed by atoms with Crippen LogP contribution in [-0.2, 0) is 10.0 Å². The fourth-order valence-corrected chi connectivity index (χ4v) is 4.14. The standard InChI is InChI=1S/C12H11Cl2NO3S2/c13-9-3-1-2-4-10(9)18-8-7-15-20(16,17)12-6-5-11(14)19-12/h1-6,15H,7-8H2. The van der Waals surface area contributed by atoms with Gasteiger partial charge in [0.25, 0.3) is 0 Å². The Morgan fingerprint density at radius 3 is 2.55 bits per heavy atom. The number of sulfonamides is 1. The minimum Gasteiger partial charge on any atom is -0.491 e. The molecule has 0 fully saturated rings. The summed E-state index contributed by atoms with van der Waals surface area (Å²) in [5.74, 6) is 0.521. The Balaban J connectivity index is 1.86. The lowest BCUT2D eigenvalue weighted by atomic mass is 10.3. The number of thiophene rings is 1. The van der Waals surface area contributed by atoms with E-state index in [1.165, 1.54) is 6.07 Å². The van der Waals surface area contributed by atoms with Gasteiger partial charge in [0.05, 0.1) is 9.36 Å². The van der Waals surface area contributed by atoms with Crippen molar-refractivity contribution < 1.29 is 13.2 Å². The summed E-state index contributed by atoms with van der Waals surface area (Å²) < 4.78 is 32.2. The van der Waals surface area contributed by atoms with E-state index in [9.17, 15) is 8.42 Å². The van der Waals surface area contributed by atoms with Crippen LogP contribution < -0.4 is 9.46 Å². The second-order valence-corrected chi connectivity index (χ2v) is 7.85. The molecule has 0 bridgehead atoms. The van der Waals surface area contributed by atoms with E-state index >= 15 is 0 Å². The molecule has 0 saturated heterocycles. The molecular weight excluding hydrogens is 341 g/mol. The van der Waals surface area contributed by atoms with Gasteiger partial charge in [-0.25, -0.2) is 13.1 Å². The summed E-state index contributed by atoms with van der Waals surface area (Å²) in [7, 11) is -3.53. The van der Waals surface area contributed by atoms with Gasteiger partial charge < -0.3 is 4.74 Å². The highest BCUT2D eigenvalue weighted by atomic mass is 35.5. The number of hydrogen-bond donors (Lipinski definition) is 1. The first kappa shape index (κ1) is 15.6. The first-order valence-electron chi connectivity index (χ1n) is 5.61. The quantitative estimate of drug-likeness (QED) is 0.811. The van der Waals surface area contributed by atoms with Gasteiger partial charge in [-0.3, -0.25) is 0 Å². The van der Waals surface area contributed by atoms with Crippen molar-refractivity contribution in [1.29, 1.82) is 0 Å². The molecule has 108 valence electrons. The average Bonchev–Trinajstić information content (AvgIpc) is 2.84. The van der Waals surface area contributed by atoms with Crippen LogP contribution in [0.1, 0.15) is 0 Å². The zero-order valence-electron chi connectivity index (χ0n) is 10.2. The zero-order chi connectivity index (χ0) is 14.6. The molecule has 2 aromatic rings. The fourth-order valence-electron chi connectivity index (χ4n) is 1.41. The van der Waals surface area contributed by atoms with Crippen molar-refractivity contribution in [3.63, 3.8) is 0 Å². The molecule has 1 aromatic carbocycles. The SMILES string of the molecule is O=S(=O)(NCCOc1ccccc1Cl)c1ccc(Cl)s1. The van der Waals surface area contributed by atoms with Crippen LogP contribution in [0.15, 0.2) is 40.6 Å². The molecule has 2 rings (SSSR count). The molecule has 1 aromatic heterocycles. The Hall–Kier alpha value is -0.790. The van der Waals surface area contributed by atoms with E-state index in [1.54, 1.807) is 30.3 Å². The predicted octanol–water partition coefficient (Wildman–Crippen LogP) is 3.41. The molecule has 1 N–H and O–H groups in total. The van der Waals surface area contributed by atoms with Gasteiger partial charge in [-0.1, -0.05) is 35.3 Å². The molecule has 20 heavy (non-hydrogen) atoms. The number of halogens is 2. The number of para-hydroxylation sites is 1. The average molecular weight is 352 g/mol.